The summed E-state index contributed by atoms with van der Waals surface area (Å²) in [5, 5.41) is 2.50. The van der Waals surface area contributed by atoms with Crippen LogP contribution in [0.4, 0.5) is 0 Å². The van der Waals surface area contributed by atoms with Crippen LogP contribution in [0.1, 0.15) is 0 Å². The van der Waals surface area contributed by atoms with Crippen LogP contribution in [0.3, 0.4) is 0 Å². The van der Waals surface area contributed by atoms with Gasteiger partial charge in [-0.15, -0.1) is 11.3 Å². The lowest BCUT2D eigenvalue weighted by Gasteiger charge is -2.13. The van der Waals surface area contributed by atoms with Crippen LogP contribution in [0.15, 0.2) is 249 Å². The predicted octanol–water partition coefficient (Wildman–Crippen LogP) is 17.2. The lowest BCUT2D eigenvalue weighted by Crippen LogP contribution is -2.01. The Morgan fingerprint density at radius 3 is 1.10 bits per heavy atom. The zero-order valence-electron chi connectivity index (χ0n) is 36.4. The molecule has 0 aliphatic heterocycles. The summed E-state index contributed by atoms with van der Waals surface area (Å²) in [5.41, 5.74) is 16.6. The van der Waals surface area contributed by atoms with Crippen molar-refractivity contribution in [3.63, 3.8) is 0 Å². The maximum atomic E-state index is 5.35. The molecule has 67 heavy (non-hydrogen) atoms. The van der Waals surface area contributed by atoms with E-state index < -0.39 is 0 Å². The van der Waals surface area contributed by atoms with E-state index in [-0.39, 0.29) is 0 Å². The van der Waals surface area contributed by atoms with Crippen LogP contribution in [0, 0.1) is 0 Å². The number of aromatic nitrogens is 3. The number of hydrogen-bond acceptors (Lipinski definition) is 4. The molecule has 0 aliphatic carbocycles. The summed E-state index contributed by atoms with van der Waals surface area (Å²) in [4.78, 5) is 15.9. The van der Waals surface area contributed by atoms with E-state index in [0.29, 0.717) is 17.5 Å². The molecule has 314 valence electrons. The standard InChI is InChI=1S/C63H41N3S/c1-6-19-42(20-7-1)47-29-16-31-49(35-47)61-64-62(66-63(65-61)54-38-51(43-21-8-2-9-22-43)37-52(39-54)44-23-10-3-11-24-44)50-32-17-30-48(36-50)55-33-18-34-56-58-41-53(45-25-12-4-13-26-45)40-57(60(58)67-59(55)56)46-27-14-5-15-28-46/h1-41H. The van der Waals surface area contributed by atoms with E-state index >= 15 is 0 Å². The van der Waals surface area contributed by atoms with E-state index in [2.05, 4.69) is 243 Å². The van der Waals surface area contributed by atoms with Crippen molar-refractivity contribution in [1.82, 2.24) is 15.0 Å². The Labute approximate surface area is 394 Å². The van der Waals surface area contributed by atoms with Crippen molar-refractivity contribution in [3.8, 4) is 101 Å². The summed E-state index contributed by atoms with van der Waals surface area (Å²) >= 11 is 1.87. The minimum absolute atomic E-state index is 0.611. The van der Waals surface area contributed by atoms with E-state index in [1.807, 2.05) is 17.4 Å². The van der Waals surface area contributed by atoms with Crippen LogP contribution in [0.25, 0.3) is 121 Å². The first-order valence-electron chi connectivity index (χ1n) is 22.6. The SMILES string of the molecule is c1ccc(-c2cccc(-c3nc(-c4cc(-c5ccccc5)cc(-c5ccccc5)c4)nc(-c4cccc(-c5cccc6c5sc5c(-c7ccccc7)cc(-c7ccccc7)cc56)c4)n3)c2)cc1. The monoisotopic (exact) mass is 871 g/mol. The van der Waals surface area contributed by atoms with Crippen molar-refractivity contribution in [3.05, 3.63) is 249 Å². The highest BCUT2D eigenvalue weighted by Crippen LogP contribution is 2.46. The van der Waals surface area contributed by atoms with Gasteiger partial charge in [0.2, 0.25) is 0 Å². The maximum Gasteiger partial charge on any atom is 0.164 e. The summed E-state index contributed by atoms with van der Waals surface area (Å²) < 4.78 is 2.53. The van der Waals surface area contributed by atoms with Crippen LogP contribution in [0.5, 0.6) is 0 Å². The number of nitrogens with zero attached hydrogens (tertiary/aromatic N) is 3. The Balaban J connectivity index is 1.04. The molecular weight excluding hydrogens is 831 g/mol. The highest BCUT2D eigenvalue weighted by atomic mass is 32.1. The van der Waals surface area contributed by atoms with Gasteiger partial charge in [0.15, 0.2) is 17.5 Å². The fourth-order valence-electron chi connectivity index (χ4n) is 9.17. The summed E-state index contributed by atoms with van der Waals surface area (Å²) in [6, 6.07) is 88.3. The van der Waals surface area contributed by atoms with E-state index in [1.165, 1.54) is 48.0 Å². The number of thiophene rings is 1. The van der Waals surface area contributed by atoms with Crippen molar-refractivity contribution in [1.29, 1.82) is 0 Å². The van der Waals surface area contributed by atoms with Crippen molar-refractivity contribution in [2.75, 3.05) is 0 Å². The lowest BCUT2D eigenvalue weighted by atomic mass is 9.95. The highest BCUT2D eigenvalue weighted by molar-refractivity contribution is 7.26. The summed E-state index contributed by atoms with van der Waals surface area (Å²) in [7, 11) is 0. The van der Waals surface area contributed by atoms with Gasteiger partial charge >= 0.3 is 0 Å². The first kappa shape index (κ1) is 40.0. The molecular formula is C63H41N3S. The number of fused-ring (bicyclic) bond motifs is 3. The molecule has 12 rings (SSSR count). The molecule has 0 atom stereocenters. The molecule has 4 heteroatoms. The highest BCUT2D eigenvalue weighted by Gasteiger charge is 2.19. The molecule has 0 bridgehead atoms. The maximum absolute atomic E-state index is 5.35. The van der Waals surface area contributed by atoms with Gasteiger partial charge < -0.3 is 0 Å². The Morgan fingerprint density at radius 1 is 0.209 bits per heavy atom. The molecule has 0 unspecified atom stereocenters. The van der Waals surface area contributed by atoms with Crippen LogP contribution >= 0.6 is 11.3 Å². The van der Waals surface area contributed by atoms with Crippen molar-refractivity contribution in [2.45, 2.75) is 0 Å². The van der Waals surface area contributed by atoms with Crippen LogP contribution in [0.2, 0.25) is 0 Å². The quantitative estimate of drug-likeness (QED) is 0.145. The largest absolute Gasteiger partial charge is 0.208 e. The Bertz CT molecular complexity index is 3660. The molecule has 0 N–H and O–H groups in total. The number of hydrogen-bond donors (Lipinski definition) is 0. The zero-order valence-corrected chi connectivity index (χ0v) is 37.2. The number of benzene rings is 10. The van der Waals surface area contributed by atoms with Gasteiger partial charge in [-0.2, -0.15) is 0 Å². The van der Waals surface area contributed by atoms with Crippen LogP contribution in [-0.4, -0.2) is 15.0 Å². The number of rotatable bonds is 9. The topological polar surface area (TPSA) is 38.7 Å². The van der Waals surface area contributed by atoms with Gasteiger partial charge in [-0.05, 0) is 104 Å². The average molecular weight is 872 g/mol. The van der Waals surface area contributed by atoms with Gasteiger partial charge in [-0.1, -0.05) is 206 Å². The third-order valence-electron chi connectivity index (χ3n) is 12.5. The summed E-state index contributed by atoms with van der Waals surface area (Å²) in [6.07, 6.45) is 0. The third-order valence-corrected chi connectivity index (χ3v) is 13.8. The van der Waals surface area contributed by atoms with Gasteiger partial charge in [0, 0.05) is 42.4 Å². The van der Waals surface area contributed by atoms with Gasteiger partial charge in [0.05, 0.1) is 0 Å². The lowest BCUT2D eigenvalue weighted by molar-refractivity contribution is 1.07. The average Bonchev–Trinajstić information content (AvgIpc) is 3.81. The first-order valence-corrected chi connectivity index (χ1v) is 23.4. The molecule has 10 aromatic carbocycles. The summed E-state index contributed by atoms with van der Waals surface area (Å²) in [6.45, 7) is 0. The van der Waals surface area contributed by atoms with E-state index in [1.54, 1.807) is 0 Å². The van der Waals surface area contributed by atoms with E-state index in [9.17, 15) is 0 Å². The van der Waals surface area contributed by atoms with Crippen molar-refractivity contribution >= 4 is 31.5 Å². The van der Waals surface area contributed by atoms with Gasteiger partial charge in [-0.25, -0.2) is 15.0 Å². The van der Waals surface area contributed by atoms with E-state index in [0.717, 1.165) is 55.6 Å². The van der Waals surface area contributed by atoms with Crippen LogP contribution < -0.4 is 0 Å². The second-order valence-corrected chi connectivity index (χ2v) is 17.8. The Kier molecular flexibility index (Phi) is 10.4. The van der Waals surface area contributed by atoms with Crippen molar-refractivity contribution < 1.29 is 0 Å². The van der Waals surface area contributed by atoms with Crippen LogP contribution in [-0.2, 0) is 0 Å². The molecule has 12 aromatic rings. The molecule has 0 saturated carbocycles. The fraction of sp³-hybridized carbons (Fsp3) is 0. The Morgan fingerprint density at radius 2 is 0.567 bits per heavy atom. The second-order valence-electron chi connectivity index (χ2n) is 16.8. The molecule has 0 spiro atoms. The molecule has 0 amide bonds. The Hall–Kier alpha value is -8.57. The van der Waals surface area contributed by atoms with Gasteiger partial charge in [0.1, 0.15) is 0 Å². The second kappa shape index (κ2) is 17.4. The van der Waals surface area contributed by atoms with Gasteiger partial charge in [0.25, 0.3) is 0 Å². The first-order chi connectivity index (χ1) is 33.2. The molecule has 0 saturated heterocycles. The molecule has 2 aromatic heterocycles. The zero-order chi connectivity index (χ0) is 44.5. The smallest absolute Gasteiger partial charge is 0.164 e. The third kappa shape index (κ3) is 7.90. The molecule has 0 aliphatic rings. The molecule has 2 heterocycles. The molecule has 3 nitrogen and oxygen atoms in total. The van der Waals surface area contributed by atoms with Gasteiger partial charge in [-0.3, -0.25) is 0 Å². The predicted molar refractivity (Wildman–Crippen MR) is 282 cm³/mol. The minimum Gasteiger partial charge on any atom is -0.208 e. The fourth-order valence-corrected chi connectivity index (χ4v) is 10.5. The summed E-state index contributed by atoms with van der Waals surface area (Å²) in [5.74, 6) is 1.84. The molecule has 0 fully saturated rings. The molecule has 0 radical (unpaired) electrons. The normalized spacial score (nSPS) is 11.3. The minimum atomic E-state index is 0.611. The van der Waals surface area contributed by atoms with E-state index in [4.69, 9.17) is 15.0 Å². The van der Waals surface area contributed by atoms with Crippen molar-refractivity contribution in [2.24, 2.45) is 0 Å².